The van der Waals surface area contributed by atoms with Gasteiger partial charge in [0.25, 0.3) is 0 Å². The standard InChI is InChI=1S/C24H32O5/c1-7-28-20-11-9-18(14-22(20)26-5)13-16(3)17(4)24(25)19-10-12-21(29-8-2)23(15-19)27-6/h9-12,14-17H,7-8,13H2,1-6H3/t16-,17+/m0/s1. The summed E-state index contributed by atoms with van der Waals surface area (Å²) in [7, 11) is 3.22. The number of carbonyl (C=O) groups is 1. The number of benzene rings is 2. The van der Waals surface area contributed by atoms with E-state index >= 15 is 0 Å². The molecule has 158 valence electrons. The fraction of sp³-hybridized carbons (Fsp3) is 0.458. The summed E-state index contributed by atoms with van der Waals surface area (Å²) in [6.45, 7) is 9.06. The van der Waals surface area contributed by atoms with Gasteiger partial charge in [-0.05, 0) is 62.1 Å². The van der Waals surface area contributed by atoms with E-state index in [0.717, 1.165) is 17.7 Å². The van der Waals surface area contributed by atoms with Crippen molar-refractivity contribution < 1.29 is 23.7 Å². The highest BCUT2D eigenvalue weighted by molar-refractivity contribution is 5.98. The first-order valence-corrected chi connectivity index (χ1v) is 10.1. The third-order valence-corrected chi connectivity index (χ3v) is 5.10. The van der Waals surface area contributed by atoms with E-state index in [1.807, 2.05) is 39.0 Å². The van der Waals surface area contributed by atoms with Crippen molar-refractivity contribution in [3.63, 3.8) is 0 Å². The summed E-state index contributed by atoms with van der Waals surface area (Å²) in [5.41, 5.74) is 1.75. The molecule has 0 saturated heterocycles. The number of ketones is 1. The number of Topliss-reactive ketones (excluding diaryl/α,β-unsaturated/α-hetero) is 1. The fourth-order valence-corrected chi connectivity index (χ4v) is 3.28. The minimum atomic E-state index is -0.143. The van der Waals surface area contributed by atoms with E-state index in [1.165, 1.54) is 0 Å². The lowest BCUT2D eigenvalue weighted by Crippen LogP contribution is -2.21. The predicted molar refractivity (Wildman–Crippen MR) is 115 cm³/mol. The van der Waals surface area contributed by atoms with Crippen molar-refractivity contribution in [2.45, 2.75) is 34.1 Å². The molecule has 0 heterocycles. The molecule has 2 aromatic rings. The van der Waals surface area contributed by atoms with Crippen LogP contribution in [-0.2, 0) is 6.42 Å². The van der Waals surface area contributed by atoms with Gasteiger partial charge in [-0.25, -0.2) is 0 Å². The van der Waals surface area contributed by atoms with Crippen LogP contribution in [0.2, 0.25) is 0 Å². The van der Waals surface area contributed by atoms with Crippen molar-refractivity contribution in [3.05, 3.63) is 47.5 Å². The summed E-state index contributed by atoms with van der Waals surface area (Å²) in [4.78, 5) is 13.0. The number of carbonyl (C=O) groups excluding carboxylic acids is 1. The van der Waals surface area contributed by atoms with Crippen LogP contribution in [0, 0.1) is 11.8 Å². The molecule has 2 rings (SSSR count). The minimum Gasteiger partial charge on any atom is -0.493 e. The van der Waals surface area contributed by atoms with Crippen LogP contribution in [0.25, 0.3) is 0 Å². The Labute approximate surface area is 173 Å². The lowest BCUT2D eigenvalue weighted by molar-refractivity contribution is 0.0892. The van der Waals surface area contributed by atoms with Crippen LogP contribution in [0.5, 0.6) is 23.0 Å². The number of hydrogen-bond acceptors (Lipinski definition) is 5. The van der Waals surface area contributed by atoms with Crippen molar-refractivity contribution in [1.82, 2.24) is 0 Å². The molecule has 0 aliphatic carbocycles. The van der Waals surface area contributed by atoms with Crippen LogP contribution in [0.15, 0.2) is 36.4 Å². The zero-order valence-corrected chi connectivity index (χ0v) is 18.3. The summed E-state index contributed by atoms with van der Waals surface area (Å²) in [5.74, 6) is 2.78. The average molecular weight is 401 g/mol. The zero-order valence-electron chi connectivity index (χ0n) is 18.3. The van der Waals surface area contributed by atoms with Gasteiger partial charge in [0.05, 0.1) is 27.4 Å². The maximum Gasteiger partial charge on any atom is 0.166 e. The van der Waals surface area contributed by atoms with E-state index in [4.69, 9.17) is 18.9 Å². The molecule has 0 amide bonds. The third-order valence-electron chi connectivity index (χ3n) is 5.10. The molecule has 0 aromatic heterocycles. The van der Waals surface area contributed by atoms with E-state index in [1.54, 1.807) is 32.4 Å². The molecule has 0 fully saturated rings. The Kier molecular flexibility index (Phi) is 8.37. The largest absolute Gasteiger partial charge is 0.493 e. The van der Waals surface area contributed by atoms with E-state index in [2.05, 4.69) is 6.92 Å². The van der Waals surface area contributed by atoms with E-state index in [0.29, 0.717) is 36.0 Å². The van der Waals surface area contributed by atoms with Crippen molar-refractivity contribution in [2.75, 3.05) is 27.4 Å². The highest BCUT2D eigenvalue weighted by atomic mass is 16.5. The zero-order chi connectivity index (χ0) is 21.4. The van der Waals surface area contributed by atoms with Gasteiger partial charge in [0, 0.05) is 11.5 Å². The topological polar surface area (TPSA) is 54.0 Å². The van der Waals surface area contributed by atoms with Crippen LogP contribution >= 0.6 is 0 Å². The van der Waals surface area contributed by atoms with Gasteiger partial charge in [0.2, 0.25) is 0 Å². The summed E-state index contributed by atoms with van der Waals surface area (Å²) in [5, 5.41) is 0. The molecule has 2 aromatic carbocycles. The summed E-state index contributed by atoms with van der Waals surface area (Å²) in [6, 6.07) is 11.3. The Balaban J connectivity index is 2.13. The van der Waals surface area contributed by atoms with Gasteiger partial charge < -0.3 is 18.9 Å². The van der Waals surface area contributed by atoms with Gasteiger partial charge in [-0.1, -0.05) is 19.9 Å². The molecule has 0 radical (unpaired) electrons. The lowest BCUT2D eigenvalue weighted by atomic mass is 9.84. The monoisotopic (exact) mass is 400 g/mol. The number of hydrogen-bond donors (Lipinski definition) is 0. The van der Waals surface area contributed by atoms with Crippen molar-refractivity contribution in [3.8, 4) is 23.0 Å². The Morgan fingerprint density at radius 3 is 1.93 bits per heavy atom. The highest BCUT2D eigenvalue weighted by Crippen LogP contribution is 2.32. The molecule has 5 heteroatoms. The molecule has 2 atom stereocenters. The molecule has 0 saturated carbocycles. The summed E-state index contributed by atoms with van der Waals surface area (Å²) >= 11 is 0. The molecule has 5 nitrogen and oxygen atoms in total. The van der Waals surface area contributed by atoms with Gasteiger partial charge in [-0.3, -0.25) is 4.79 Å². The van der Waals surface area contributed by atoms with Crippen LogP contribution in [0.3, 0.4) is 0 Å². The van der Waals surface area contributed by atoms with E-state index < -0.39 is 0 Å². The Morgan fingerprint density at radius 2 is 1.38 bits per heavy atom. The van der Waals surface area contributed by atoms with E-state index in [-0.39, 0.29) is 17.6 Å². The molecular formula is C24H32O5. The first kappa shape index (κ1) is 22.6. The molecule has 0 spiro atoms. The SMILES string of the molecule is CCOc1ccc(C[C@H](C)[C@@H](C)C(=O)c2ccc(OCC)c(OC)c2)cc1OC. The quantitative estimate of drug-likeness (QED) is 0.485. The molecular weight excluding hydrogens is 368 g/mol. The lowest BCUT2D eigenvalue weighted by Gasteiger charge is -2.20. The molecule has 0 unspecified atom stereocenters. The van der Waals surface area contributed by atoms with Gasteiger partial charge in [-0.15, -0.1) is 0 Å². The number of rotatable bonds is 11. The summed E-state index contributed by atoms with van der Waals surface area (Å²) < 4.78 is 21.9. The Hall–Kier alpha value is -2.69. The first-order chi connectivity index (χ1) is 13.9. The first-order valence-electron chi connectivity index (χ1n) is 10.1. The van der Waals surface area contributed by atoms with Crippen LogP contribution < -0.4 is 18.9 Å². The van der Waals surface area contributed by atoms with Crippen molar-refractivity contribution in [1.29, 1.82) is 0 Å². The maximum atomic E-state index is 13.0. The molecule has 0 aliphatic heterocycles. The van der Waals surface area contributed by atoms with Crippen LogP contribution in [0.4, 0.5) is 0 Å². The molecule has 29 heavy (non-hydrogen) atoms. The van der Waals surface area contributed by atoms with Gasteiger partial charge in [0.15, 0.2) is 28.8 Å². The van der Waals surface area contributed by atoms with Crippen LogP contribution in [0.1, 0.15) is 43.6 Å². The smallest absolute Gasteiger partial charge is 0.166 e. The maximum absolute atomic E-state index is 13.0. The van der Waals surface area contributed by atoms with Crippen molar-refractivity contribution >= 4 is 5.78 Å². The number of methoxy groups -OCH3 is 2. The normalized spacial score (nSPS) is 12.8. The second-order valence-electron chi connectivity index (χ2n) is 7.05. The van der Waals surface area contributed by atoms with Crippen molar-refractivity contribution in [2.24, 2.45) is 11.8 Å². The second kappa shape index (κ2) is 10.7. The van der Waals surface area contributed by atoms with Gasteiger partial charge in [-0.2, -0.15) is 0 Å². The highest BCUT2D eigenvalue weighted by Gasteiger charge is 2.23. The Bertz CT molecular complexity index is 815. The van der Waals surface area contributed by atoms with Gasteiger partial charge >= 0.3 is 0 Å². The summed E-state index contributed by atoms with van der Waals surface area (Å²) in [6.07, 6.45) is 0.768. The molecule has 0 N–H and O–H groups in total. The number of ether oxygens (including phenoxy) is 4. The molecule has 0 aliphatic rings. The average Bonchev–Trinajstić information content (AvgIpc) is 2.74. The Morgan fingerprint density at radius 1 is 0.828 bits per heavy atom. The van der Waals surface area contributed by atoms with Crippen LogP contribution in [-0.4, -0.2) is 33.2 Å². The second-order valence-corrected chi connectivity index (χ2v) is 7.05. The minimum absolute atomic E-state index is 0.0942. The fourth-order valence-electron chi connectivity index (χ4n) is 3.28. The van der Waals surface area contributed by atoms with E-state index in [9.17, 15) is 4.79 Å². The molecule has 0 bridgehead atoms. The van der Waals surface area contributed by atoms with Gasteiger partial charge in [0.1, 0.15) is 0 Å². The third kappa shape index (κ3) is 5.66. The predicted octanol–water partition coefficient (Wildman–Crippen LogP) is 5.20.